The van der Waals surface area contributed by atoms with Gasteiger partial charge in [-0.25, -0.2) is 9.59 Å². The van der Waals surface area contributed by atoms with E-state index in [1.165, 1.54) is 6.07 Å². The molecule has 32 heavy (non-hydrogen) atoms. The van der Waals surface area contributed by atoms with Crippen molar-refractivity contribution in [1.29, 1.82) is 0 Å². The second-order valence-corrected chi connectivity index (χ2v) is 6.23. The number of halogens is 1. The van der Waals surface area contributed by atoms with Crippen molar-refractivity contribution in [2.75, 3.05) is 11.9 Å². The molecule has 0 aliphatic rings. The Kier molecular flexibility index (Phi) is 13.0. The molecule has 1 rings (SSSR count). The van der Waals surface area contributed by atoms with Gasteiger partial charge in [-0.05, 0) is 25.3 Å². The number of hydrogen-bond donors (Lipinski definition) is 6. The molecule has 0 radical (unpaired) electrons. The van der Waals surface area contributed by atoms with Crippen molar-refractivity contribution in [2.24, 2.45) is 5.73 Å². The number of carbonyl (C=O) groups is 4. The molecule has 0 fully saturated rings. The quantitative estimate of drug-likeness (QED) is 0.105. The molecule has 1 aromatic rings. The Hall–Kier alpha value is -4.04. The van der Waals surface area contributed by atoms with Gasteiger partial charge in [0.2, 0.25) is 0 Å². The van der Waals surface area contributed by atoms with Gasteiger partial charge < -0.3 is 31.7 Å². The summed E-state index contributed by atoms with van der Waals surface area (Å²) in [6.07, 6.45) is 1.64. The maximum atomic E-state index is 13.2. The first-order valence-electron chi connectivity index (χ1n) is 9.21. The predicted octanol–water partition coefficient (Wildman–Crippen LogP) is 1.16. The summed E-state index contributed by atoms with van der Waals surface area (Å²) in [7, 11) is 0. The fraction of sp³-hybridized carbons (Fsp3) is 0.471. The highest BCUT2D eigenvalue weighted by atomic mass is 19.1. The lowest BCUT2D eigenvalue weighted by molar-refractivity contribution is -0.388. The highest BCUT2D eigenvalue weighted by molar-refractivity contribution is 5.82. The average molecular weight is 461 g/mol. The van der Waals surface area contributed by atoms with Gasteiger partial charge in [0.25, 0.3) is 5.95 Å². The highest BCUT2D eigenvalue weighted by Gasteiger charge is 2.19. The number of aromatic nitrogens is 1. The molecule has 15 heteroatoms. The van der Waals surface area contributed by atoms with E-state index in [9.17, 15) is 33.7 Å². The van der Waals surface area contributed by atoms with Crippen molar-refractivity contribution in [3.63, 3.8) is 0 Å². The van der Waals surface area contributed by atoms with Crippen LogP contribution < -0.4 is 16.4 Å². The van der Waals surface area contributed by atoms with Crippen LogP contribution in [0.2, 0.25) is 0 Å². The van der Waals surface area contributed by atoms with Gasteiger partial charge >= 0.3 is 29.6 Å². The SMILES string of the molecule is NC(=O)N[C@@H](CCC(=O)O)C(=O)O.O=C(O)CCCCCNc1ccc([N+](=O)[O-])c(F)n1. The molecule has 0 unspecified atom stereocenters. The smallest absolute Gasteiger partial charge is 0.326 e. The van der Waals surface area contributed by atoms with E-state index in [4.69, 9.17) is 15.3 Å². The molecule has 14 nitrogen and oxygen atoms in total. The minimum Gasteiger partial charge on any atom is -0.481 e. The summed E-state index contributed by atoms with van der Waals surface area (Å²) in [5.74, 6) is -4.16. The van der Waals surface area contributed by atoms with E-state index in [2.05, 4.69) is 16.0 Å². The Balaban J connectivity index is 0.000000649. The lowest BCUT2D eigenvalue weighted by Gasteiger charge is -2.10. The second-order valence-electron chi connectivity index (χ2n) is 6.23. The molecule has 2 amide bonds. The van der Waals surface area contributed by atoms with Crippen molar-refractivity contribution in [3.8, 4) is 0 Å². The van der Waals surface area contributed by atoms with Gasteiger partial charge in [0.05, 0.1) is 4.92 Å². The van der Waals surface area contributed by atoms with Gasteiger partial charge in [0, 0.05) is 25.5 Å². The number of aliphatic carboxylic acids is 3. The third kappa shape index (κ3) is 13.2. The third-order valence-electron chi connectivity index (χ3n) is 3.66. The third-order valence-corrected chi connectivity index (χ3v) is 3.66. The van der Waals surface area contributed by atoms with Crippen LogP contribution in [0.15, 0.2) is 12.1 Å². The highest BCUT2D eigenvalue weighted by Crippen LogP contribution is 2.17. The molecule has 0 saturated carbocycles. The Labute approximate surface area is 180 Å². The molecule has 0 aliphatic heterocycles. The fourth-order valence-corrected chi connectivity index (χ4v) is 2.15. The lowest BCUT2D eigenvalue weighted by atomic mass is 10.1. The van der Waals surface area contributed by atoms with Gasteiger partial charge in [0.15, 0.2) is 0 Å². The molecule has 1 heterocycles. The van der Waals surface area contributed by atoms with Gasteiger partial charge in [-0.1, -0.05) is 6.42 Å². The minimum absolute atomic E-state index is 0.129. The van der Waals surface area contributed by atoms with Crippen LogP contribution in [0.3, 0.4) is 0 Å². The zero-order valence-electron chi connectivity index (χ0n) is 16.8. The molecule has 0 aromatic carbocycles. The zero-order valence-corrected chi connectivity index (χ0v) is 16.8. The van der Waals surface area contributed by atoms with Crippen LogP contribution in [0.1, 0.15) is 38.5 Å². The Morgan fingerprint density at radius 1 is 1.09 bits per heavy atom. The summed E-state index contributed by atoms with van der Waals surface area (Å²) in [4.78, 5) is 53.9. The van der Waals surface area contributed by atoms with Gasteiger partial charge in [-0.3, -0.25) is 19.7 Å². The maximum Gasteiger partial charge on any atom is 0.326 e. The van der Waals surface area contributed by atoms with E-state index in [0.717, 1.165) is 12.5 Å². The number of carboxylic acid groups (broad SMARTS) is 3. The number of urea groups is 1. The summed E-state index contributed by atoms with van der Waals surface area (Å²) >= 11 is 0. The van der Waals surface area contributed by atoms with E-state index in [1.54, 1.807) is 0 Å². The second kappa shape index (κ2) is 14.9. The Morgan fingerprint density at radius 3 is 2.19 bits per heavy atom. The van der Waals surface area contributed by atoms with Crippen molar-refractivity contribution in [3.05, 3.63) is 28.2 Å². The Bertz CT molecular complexity index is 822. The summed E-state index contributed by atoms with van der Waals surface area (Å²) in [6.45, 7) is 0.504. The summed E-state index contributed by atoms with van der Waals surface area (Å²) in [6, 6.07) is 0.152. The number of nitrogens with one attached hydrogen (secondary N) is 2. The molecule has 0 spiro atoms. The first-order chi connectivity index (χ1) is 14.9. The normalized spacial score (nSPS) is 10.8. The van der Waals surface area contributed by atoms with Crippen LogP contribution in [-0.2, 0) is 14.4 Å². The molecule has 1 atom stereocenters. The monoisotopic (exact) mass is 461 g/mol. The molecule has 178 valence electrons. The molecule has 0 saturated heterocycles. The molecule has 7 N–H and O–H groups in total. The van der Waals surface area contributed by atoms with E-state index >= 15 is 0 Å². The van der Waals surface area contributed by atoms with Gasteiger partial charge in [0.1, 0.15) is 11.9 Å². The molecule has 0 aliphatic carbocycles. The van der Waals surface area contributed by atoms with Crippen LogP contribution in [0.4, 0.5) is 20.7 Å². The van der Waals surface area contributed by atoms with E-state index in [1.807, 2.05) is 5.32 Å². The number of hydrogen-bond acceptors (Lipinski definition) is 8. The topological polar surface area (TPSA) is 235 Å². The van der Waals surface area contributed by atoms with Crippen LogP contribution >= 0.6 is 0 Å². The minimum atomic E-state index is -1.31. The lowest BCUT2D eigenvalue weighted by Crippen LogP contribution is -2.43. The summed E-state index contributed by atoms with van der Waals surface area (Å²) < 4.78 is 13.2. The number of primary amides is 1. The molecular weight excluding hydrogens is 437 g/mol. The van der Waals surface area contributed by atoms with Crippen LogP contribution in [0.5, 0.6) is 0 Å². The number of carboxylic acids is 3. The first kappa shape index (κ1) is 28.0. The maximum absolute atomic E-state index is 13.2. The predicted molar refractivity (Wildman–Crippen MR) is 106 cm³/mol. The van der Waals surface area contributed by atoms with E-state index in [-0.39, 0.29) is 25.1 Å². The standard InChI is InChI=1S/C11H14FN3O4.C6H10N2O5/c12-11-8(15(18)19)5-6-9(14-11)13-7-3-1-2-4-10(16)17;7-6(13)8-3(5(11)12)1-2-4(9)10/h5-6H,1-4,7H2,(H,13,14)(H,16,17);3H,1-2H2,(H,9,10)(H,11,12)(H3,7,8,13)/t;3-/m.0/s1. The number of nitrogens with zero attached hydrogens (tertiary/aromatic N) is 2. The number of anilines is 1. The summed E-state index contributed by atoms with van der Waals surface area (Å²) in [5, 5.41) is 40.2. The number of amides is 2. The van der Waals surface area contributed by atoms with Crippen LogP contribution in [-0.4, -0.2) is 61.8 Å². The number of unbranched alkanes of at least 4 members (excludes halogenated alkanes) is 2. The zero-order chi connectivity index (χ0) is 24.7. The average Bonchev–Trinajstić information content (AvgIpc) is 2.67. The number of nitro groups is 1. The molecule has 1 aromatic heterocycles. The van der Waals surface area contributed by atoms with Crippen molar-refractivity contribution >= 4 is 35.4 Å². The van der Waals surface area contributed by atoms with Crippen molar-refractivity contribution in [2.45, 2.75) is 44.6 Å². The van der Waals surface area contributed by atoms with E-state index in [0.29, 0.717) is 19.4 Å². The number of rotatable bonds is 13. The summed E-state index contributed by atoms with van der Waals surface area (Å²) in [5.41, 5.74) is 4.02. The number of carbonyl (C=O) groups excluding carboxylic acids is 1. The molecular formula is C17H24FN5O9. The van der Waals surface area contributed by atoms with Crippen LogP contribution in [0.25, 0.3) is 0 Å². The van der Waals surface area contributed by atoms with Crippen molar-refractivity contribution < 1.29 is 43.8 Å². The van der Waals surface area contributed by atoms with Crippen LogP contribution in [0, 0.1) is 16.1 Å². The van der Waals surface area contributed by atoms with Gasteiger partial charge in [-0.15, -0.1) is 0 Å². The van der Waals surface area contributed by atoms with Crippen molar-refractivity contribution in [1.82, 2.24) is 10.3 Å². The first-order valence-corrected chi connectivity index (χ1v) is 9.21. The largest absolute Gasteiger partial charge is 0.481 e. The fourth-order valence-electron chi connectivity index (χ4n) is 2.15. The number of nitrogens with two attached hydrogens (primary N) is 1. The Morgan fingerprint density at radius 2 is 1.72 bits per heavy atom. The van der Waals surface area contributed by atoms with Gasteiger partial charge in [-0.2, -0.15) is 9.37 Å². The number of pyridine rings is 1. The molecule has 0 bridgehead atoms. The van der Waals surface area contributed by atoms with E-state index < -0.39 is 46.5 Å².